The first-order valence-electron chi connectivity index (χ1n) is 6.90. The highest BCUT2D eigenvalue weighted by Crippen LogP contribution is 2.20. The highest BCUT2D eigenvalue weighted by Gasteiger charge is 2.13. The molecule has 1 heterocycles. The molecule has 0 aliphatic heterocycles. The van der Waals surface area contributed by atoms with Crippen LogP contribution in [0.1, 0.15) is 41.7 Å². The van der Waals surface area contributed by atoms with Crippen LogP contribution in [0.25, 0.3) is 0 Å². The van der Waals surface area contributed by atoms with Crippen LogP contribution in [-0.2, 0) is 0 Å². The normalized spacial score (nSPS) is 10.9. The molecular formula is C16H17N3O4. The van der Waals surface area contributed by atoms with E-state index in [2.05, 4.69) is 15.3 Å². The fourth-order valence-corrected chi connectivity index (χ4v) is 1.71. The van der Waals surface area contributed by atoms with Gasteiger partial charge in [0.25, 0.3) is 5.91 Å². The number of rotatable bonds is 4. The molecular weight excluding hydrogens is 298 g/mol. The molecule has 0 unspecified atom stereocenters. The summed E-state index contributed by atoms with van der Waals surface area (Å²) >= 11 is 0. The number of amides is 1. The van der Waals surface area contributed by atoms with Gasteiger partial charge in [-0.05, 0) is 45.0 Å². The number of hydrogen-bond donors (Lipinski definition) is 2. The average molecular weight is 315 g/mol. The first-order chi connectivity index (χ1) is 10.7. The van der Waals surface area contributed by atoms with Crippen molar-refractivity contribution >= 4 is 17.6 Å². The first-order valence-corrected chi connectivity index (χ1v) is 6.90. The van der Waals surface area contributed by atoms with E-state index >= 15 is 0 Å². The molecule has 0 bridgehead atoms. The Bertz CT molecular complexity index is 704. The van der Waals surface area contributed by atoms with E-state index in [0.29, 0.717) is 11.4 Å². The van der Waals surface area contributed by atoms with Gasteiger partial charge in [0.15, 0.2) is 5.69 Å². The third kappa shape index (κ3) is 4.77. The molecule has 23 heavy (non-hydrogen) atoms. The molecule has 0 saturated heterocycles. The SMILES string of the molecule is CC(C)(C)Oc1ccc(NC(=O)c2cnc(C(=O)O)cn2)cc1. The lowest BCUT2D eigenvalue weighted by atomic mass is 10.2. The molecule has 1 amide bonds. The maximum absolute atomic E-state index is 12.0. The third-order valence-corrected chi connectivity index (χ3v) is 2.64. The van der Waals surface area contributed by atoms with Gasteiger partial charge in [-0.1, -0.05) is 0 Å². The number of benzene rings is 1. The van der Waals surface area contributed by atoms with Crippen LogP contribution in [0.2, 0.25) is 0 Å². The molecule has 7 nitrogen and oxygen atoms in total. The second-order valence-electron chi connectivity index (χ2n) is 5.78. The van der Waals surface area contributed by atoms with Gasteiger partial charge in [0.05, 0.1) is 12.4 Å². The van der Waals surface area contributed by atoms with Crippen molar-refractivity contribution in [3.05, 3.63) is 48.0 Å². The number of nitrogens with one attached hydrogen (secondary N) is 1. The fourth-order valence-electron chi connectivity index (χ4n) is 1.71. The van der Waals surface area contributed by atoms with Crippen LogP contribution in [0.3, 0.4) is 0 Å². The number of hydrogen-bond acceptors (Lipinski definition) is 5. The maximum Gasteiger partial charge on any atom is 0.356 e. The third-order valence-electron chi connectivity index (χ3n) is 2.64. The Kier molecular flexibility index (Phi) is 4.59. The largest absolute Gasteiger partial charge is 0.488 e. The number of carbonyl (C=O) groups excluding carboxylic acids is 1. The highest BCUT2D eigenvalue weighted by atomic mass is 16.5. The highest BCUT2D eigenvalue weighted by molar-refractivity contribution is 6.02. The summed E-state index contributed by atoms with van der Waals surface area (Å²) in [6.45, 7) is 5.84. The van der Waals surface area contributed by atoms with Crippen molar-refractivity contribution in [2.24, 2.45) is 0 Å². The Morgan fingerprint density at radius 3 is 2.09 bits per heavy atom. The minimum absolute atomic E-state index is 0.0324. The molecule has 1 aromatic heterocycles. The van der Waals surface area contributed by atoms with Crippen LogP contribution in [0.4, 0.5) is 5.69 Å². The van der Waals surface area contributed by atoms with E-state index in [1.165, 1.54) is 0 Å². The molecule has 0 aliphatic rings. The van der Waals surface area contributed by atoms with Crippen molar-refractivity contribution in [3.63, 3.8) is 0 Å². The maximum atomic E-state index is 12.0. The molecule has 0 atom stereocenters. The lowest BCUT2D eigenvalue weighted by molar-refractivity contribution is 0.0689. The van der Waals surface area contributed by atoms with Crippen molar-refractivity contribution in [1.29, 1.82) is 0 Å². The Morgan fingerprint density at radius 2 is 1.61 bits per heavy atom. The molecule has 0 aliphatic carbocycles. The Balaban J connectivity index is 2.03. The van der Waals surface area contributed by atoms with E-state index in [1.807, 2.05) is 20.8 Å². The summed E-state index contributed by atoms with van der Waals surface area (Å²) in [6.07, 6.45) is 2.16. The van der Waals surface area contributed by atoms with Crippen molar-refractivity contribution in [3.8, 4) is 5.75 Å². The molecule has 0 saturated carbocycles. The summed E-state index contributed by atoms with van der Waals surface area (Å²) in [6, 6.07) is 6.91. The molecule has 0 spiro atoms. The zero-order valence-electron chi connectivity index (χ0n) is 13.0. The van der Waals surface area contributed by atoms with Crippen LogP contribution in [0, 0.1) is 0 Å². The first kappa shape index (κ1) is 16.4. The van der Waals surface area contributed by atoms with Gasteiger partial charge in [0.1, 0.15) is 17.0 Å². The predicted octanol–water partition coefficient (Wildman–Crippen LogP) is 2.60. The molecule has 2 aromatic rings. The van der Waals surface area contributed by atoms with Gasteiger partial charge in [-0.2, -0.15) is 0 Å². The standard InChI is InChI=1S/C16H17N3O4/c1-16(2,3)23-11-6-4-10(5-7-11)19-14(20)12-8-18-13(9-17-12)15(21)22/h4-9H,1-3H3,(H,19,20)(H,21,22). The summed E-state index contributed by atoms with van der Waals surface area (Å²) in [5, 5.41) is 11.4. The van der Waals surface area contributed by atoms with Gasteiger partial charge in [-0.25, -0.2) is 14.8 Å². The topological polar surface area (TPSA) is 101 Å². The number of carboxylic acid groups (broad SMARTS) is 1. The van der Waals surface area contributed by atoms with Crippen LogP contribution >= 0.6 is 0 Å². The number of nitrogens with zero attached hydrogens (tertiary/aromatic N) is 2. The number of carbonyl (C=O) groups is 2. The van der Waals surface area contributed by atoms with Gasteiger partial charge in [-0.3, -0.25) is 4.79 Å². The second kappa shape index (κ2) is 6.43. The van der Waals surface area contributed by atoms with Gasteiger partial charge in [-0.15, -0.1) is 0 Å². The zero-order valence-corrected chi connectivity index (χ0v) is 13.0. The van der Waals surface area contributed by atoms with E-state index in [-0.39, 0.29) is 17.0 Å². The summed E-state index contributed by atoms with van der Waals surface area (Å²) in [4.78, 5) is 30.1. The van der Waals surface area contributed by atoms with Crippen LogP contribution in [0.5, 0.6) is 5.75 Å². The van der Waals surface area contributed by atoms with Gasteiger partial charge >= 0.3 is 5.97 Å². The molecule has 0 fully saturated rings. The number of aromatic carboxylic acids is 1. The smallest absolute Gasteiger partial charge is 0.356 e. The lowest BCUT2D eigenvalue weighted by Crippen LogP contribution is -2.22. The summed E-state index contributed by atoms with van der Waals surface area (Å²) in [5.41, 5.74) is 0.0855. The lowest BCUT2D eigenvalue weighted by Gasteiger charge is -2.21. The molecule has 2 rings (SSSR count). The Morgan fingerprint density at radius 1 is 1.04 bits per heavy atom. The van der Waals surface area contributed by atoms with Crippen molar-refractivity contribution < 1.29 is 19.4 Å². The van der Waals surface area contributed by atoms with Crippen LogP contribution < -0.4 is 10.1 Å². The average Bonchev–Trinajstić information content (AvgIpc) is 2.48. The van der Waals surface area contributed by atoms with E-state index in [1.54, 1.807) is 24.3 Å². The van der Waals surface area contributed by atoms with Gasteiger partial charge in [0.2, 0.25) is 0 Å². The number of aromatic nitrogens is 2. The molecule has 2 N–H and O–H groups in total. The predicted molar refractivity (Wildman–Crippen MR) is 83.8 cm³/mol. The van der Waals surface area contributed by atoms with E-state index < -0.39 is 11.9 Å². The van der Waals surface area contributed by atoms with Gasteiger partial charge in [0, 0.05) is 5.69 Å². The Hall–Kier alpha value is -2.96. The van der Waals surface area contributed by atoms with Gasteiger partial charge < -0.3 is 15.2 Å². The molecule has 1 aromatic carbocycles. The zero-order chi connectivity index (χ0) is 17.0. The number of carboxylic acids is 1. The second-order valence-corrected chi connectivity index (χ2v) is 5.78. The monoisotopic (exact) mass is 315 g/mol. The summed E-state index contributed by atoms with van der Waals surface area (Å²) in [5.74, 6) is -0.973. The van der Waals surface area contributed by atoms with Crippen LogP contribution in [0.15, 0.2) is 36.7 Å². The fraction of sp³-hybridized carbons (Fsp3) is 0.250. The summed E-state index contributed by atoms with van der Waals surface area (Å²) in [7, 11) is 0. The quantitative estimate of drug-likeness (QED) is 0.899. The van der Waals surface area contributed by atoms with E-state index in [9.17, 15) is 9.59 Å². The minimum atomic E-state index is -1.20. The Labute approximate surface area is 133 Å². The van der Waals surface area contributed by atoms with Crippen molar-refractivity contribution in [2.75, 3.05) is 5.32 Å². The summed E-state index contributed by atoms with van der Waals surface area (Å²) < 4.78 is 5.69. The molecule has 0 radical (unpaired) electrons. The molecule has 120 valence electrons. The number of anilines is 1. The van der Waals surface area contributed by atoms with Crippen molar-refractivity contribution in [1.82, 2.24) is 9.97 Å². The van der Waals surface area contributed by atoms with Crippen LogP contribution in [-0.4, -0.2) is 32.6 Å². The number of ether oxygens (including phenoxy) is 1. The molecule has 7 heteroatoms. The van der Waals surface area contributed by atoms with E-state index in [4.69, 9.17) is 9.84 Å². The minimum Gasteiger partial charge on any atom is -0.488 e. The van der Waals surface area contributed by atoms with Crippen molar-refractivity contribution in [2.45, 2.75) is 26.4 Å². The van der Waals surface area contributed by atoms with E-state index in [0.717, 1.165) is 12.4 Å².